The topological polar surface area (TPSA) is 88.1 Å². The summed E-state index contributed by atoms with van der Waals surface area (Å²) >= 11 is 6.11. The van der Waals surface area contributed by atoms with Gasteiger partial charge >= 0.3 is 0 Å². The number of halogens is 1. The minimum Gasteiger partial charge on any atom is -0.508 e. The van der Waals surface area contributed by atoms with Gasteiger partial charge in [-0.2, -0.15) is 0 Å². The summed E-state index contributed by atoms with van der Waals surface area (Å²) in [7, 11) is 3.14. The van der Waals surface area contributed by atoms with Crippen LogP contribution in [-0.2, 0) is 4.79 Å². The lowest BCUT2D eigenvalue weighted by molar-refractivity contribution is -0.130. The summed E-state index contributed by atoms with van der Waals surface area (Å²) in [4.78, 5) is 24.8. The van der Waals surface area contributed by atoms with Crippen LogP contribution in [-0.4, -0.2) is 55.7 Å². The van der Waals surface area contributed by atoms with Crippen molar-refractivity contribution in [2.75, 3.05) is 33.9 Å². The summed E-state index contributed by atoms with van der Waals surface area (Å²) in [5, 5.41) is 11.8. The number of carbonyl (C=O) groups is 2. The van der Waals surface area contributed by atoms with Gasteiger partial charge in [-0.3, -0.25) is 9.59 Å². The molecule has 34 heavy (non-hydrogen) atoms. The van der Waals surface area contributed by atoms with Crippen LogP contribution in [0.2, 0.25) is 5.02 Å². The molecule has 2 aromatic carbocycles. The van der Waals surface area contributed by atoms with Gasteiger partial charge in [-0.25, -0.2) is 0 Å². The van der Waals surface area contributed by atoms with Crippen molar-refractivity contribution in [2.45, 2.75) is 39.0 Å². The quantitative estimate of drug-likeness (QED) is 0.513. The average molecular weight is 491 g/mol. The lowest BCUT2D eigenvalue weighted by Gasteiger charge is -2.31. The van der Waals surface area contributed by atoms with E-state index < -0.39 is 0 Å². The van der Waals surface area contributed by atoms with Crippen LogP contribution in [0.1, 0.15) is 49.4 Å². The van der Waals surface area contributed by atoms with Gasteiger partial charge in [-0.15, -0.1) is 0 Å². The molecule has 0 saturated carbocycles. The first kappa shape index (κ1) is 27.3. The zero-order chi connectivity index (χ0) is 24.9. The largest absolute Gasteiger partial charge is 0.508 e. The summed E-state index contributed by atoms with van der Waals surface area (Å²) in [5.41, 5.74) is 0.452. The van der Waals surface area contributed by atoms with Crippen molar-refractivity contribution in [1.82, 2.24) is 10.2 Å². The predicted molar refractivity (Wildman–Crippen MR) is 134 cm³/mol. The van der Waals surface area contributed by atoms with Crippen molar-refractivity contribution in [3.05, 3.63) is 53.1 Å². The van der Waals surface area contributed by atoms with E-state index >= 15 is 0 Å². The van der Waals surface area contributed by atoms with Crippen molar-refractivity contribution in [3.63, 3.8) is 0 Å². The fourth-order valence-corrected chi connectivity index (χ4v) is 4.03. The van der Waals surface area contributed by atoms with Gasteiger partial charge in [0.1, 0.15) is 17.2 Å². The first-order chi connectivity index (χ1) is 16.3. The Bertz CT molecular complexity index is 929. The van der Waals surface area contributed by atoms with E-state index in [1.807, 2.05) is 4.90 Å². The number of piperidine rings is 1. The standard InChI is InChI=1S/C19H27ClN2O3.C7H8O2/c1-14(23)22-10-8-15(9-11-22)5-3-4-12-25-16-6-7-17(18(20)13-16)19(24)21-2;1-9-7-4-2-3-6(8)5-7/h6-7,13,15H,3-5,8-12H2,1-2H3,(H,21,24);2-5,8H,1H3. The molecule has 2 N–H and O–H groups in total. The molecule has 0 atom stereocenters. The fraction of sp³-hybridized carbons (Fsp3) is 0.462. The third kappa shape index (κ3) is 9.14. The zero-order valence-corrected chi connectivity index (χ0v) is 20.9. The minimum atomic E-state index is -0.202. The molecule has 1 aliphatic rings. The number of likely N-dealkylation sites (tertiary alicyclic amines) is 1. The number of hydrogen-bond acceptors (Lipinski definition) is 5. The van der Waals surface area contributed by atoms with Gasteiger partial charge in [0.25, 0.3) is 5.91 Å². The Morgan fingerprint density at radius 3 is 2.41 bits per heavy atom. The van der Waals surface area contributed by atoms with Crippen molar-refractivity contribution >= 4 is 23.4 Å². The van der Waals surface area contributed by atoms with Crippen LogP contribution in [0.15, 0.2) is 42.5 Å². The average Bonchev–Trinajstić information content (AvgIpc) is 2.84. The lowest BCUT2D eigenvalue weighted by Crippen LogP contribution is -2.36. The number of phenols is 1. The monoisotopic (exact) mass is 490 g/mol. The Hall–Kier alpha value is -2.93. The Morgan fingerprint density at radius 1 is 1.12 bits per heavy atom. The molecule has 186 valence electrons. The molecule has 0 bridgehead atoms. The molecule has 3 rings (SSSR count). The van der Waals surface area contributed by atoms with E-state index in [9.17, 15) is 9.59 Å². The van der Waals surface area contributed by atoms with Crippen LogP contribution in [0.4, 0.5) is 0 Å². The molecule has 1 saturated heterocycles. The highest BCUT2D eigenvalue weighted by Crippen LogP contribution is 2.24. The van der Waals surface area contributed by atoms with E-state index in [2.05, 4.69) is 5.32 Å². The number of aromatic hydroxyl groups is 1. The Kier molecular flexibility index (Phi) is 11.5. The zero-order valence-electron chi connectivity index (χ0n) is 20.2. The summed E-state index contributed by atoms with van der Waals surface area (Å²) in [6.45, 7) is 4.08. The van der Waals surface area contributed by atoms with Crippen LogP contribution in [0, 0.1) is 5.92 Å². The summed E-state index contributed by atoms with van der Waals surface area (Å²) in [6, 6.07) is 11.8. The molecule has 0 aliphatic carbocycles. The molecule has 7 nitrogen and oxygen atoms in total. The smallest absolute Gasteiger partial charge is 0.252 e. The van der Waals surface area contributed by atoms with E-state index in [1.165, 1.54) is 6.42 Å². The molecule has 8 heteroatoms. The van der Waals surface area contributed by atoms with Gasteiger partial charge in [-0.05, 0) is 61.9 Å². The number of nitrogens with one attached hydrogen (secondary N) is 1. The van der Waals surface area contributed by atoms with Crippen molar-refractivity contribution in [3.8, 4) is 17.2 Å². The maximum absolute atomic E-state index is 11.6. The fourth-order valence-electron chi connectivity index (χ4n) is 3.78. The van der Waals surface area contributed by atoms with E-state index in [0.717, 1.165) is 44.7 Å². The number of nitrogens with zero attached hydrogens (tertiary/aromatic N) is 1. The maximum Gasteiger partial charge on any atom is 0.252 e. The number of phenolic OH excluding ortho intramolecular Hbond substituents is 1. The highest BCUT2D eigenvalue weighted by atomic mass is 35.5. The number of rotatable bonds is 8. The number of methoxy groups -OCH3 is 1. The highest BCUT2D eigenvalue weighted by Gasteiger charge is 2.20. The number of ether oxygens (including phenoxy) is 2. The Morgan fingerprint density at radius 2 is 1.85 bits per heavy atom. The van der Waals surface area contributed by atoms with Gasteiger partial charge in [-0.1, -0.05) is 24.1 Å². The van der Waals surface area contributed by atoms with Gasteiger partial charge < -0.3 is 24.8 Å². The minimum absolute atomic E-state index is 0.188. The second-order valence-electron chi connectivity index (χ2n) is 8.22. The summed E-state index contributed by atoms with van der Waals surface area (Å²) in [5.74, 6) is 2.30. The van der Waals surface area contributed by atoms with Crippen LogP contribution >= 0.6 is 11.6 Å². The molecule has 0 unspecified atom stereocenters. The van der Waals surface area contributed by atoms with E-state index in [4.69, 9.17) is 26.2 Å². The first-order valence-corrected chi connectivity index (χ1v) is 11.9. The van der Waals surface area contributed by atoms with Crippen LogP contribution < -0.4 is 14.8 Å². The summed E-state index contributed by atoms with van der Waals surface area (Å²) in [6.07, 6.45) is 5.51. The van der Waals surface area contributed by atoms with Crippen LogP contribution in [0.3, 0.4) is 0 Å². The molecule has 1 heterocycles. The highest BCUT2D eigenvalue weighted by molar-refractivity contribution is 6.34. The predicted octanol–water partition coefficient (Wildman–Crippen LogP) is 4.91. The number of benzene rings is 2. The van der Waals surface area contributed by atoms with E-state index in [0.29, 0.717) is 28.7 Å². The van der Waals surface area contributed by atoms with Gasteiger partial charge in [0.05, 0.1) is 24.3 Å². The lowest BCUT2D eigenvalue weighted by atomic mass is 9.91. The Labute approximate surface area is 207 Å². The molecule has 0 spiro atoms. The van der Waals surface area contributed by atoms with Gasteiger partial charge in [0.15, 0.2) is 0 Å². The van der Waals surface area contributed by atoms with Crippen molar-refractivity contribution in [2.24, 2.45) is 5.92 Å². The van der Waals surface area contributed by atoms with Crippen LogP contribution in [0.25, 0.3) is 0 Å². The Balaban J connectivity index is 0.000000379. The van der Waals surface area contributed by atoms with E-state index in [-0.39, 0.29) is 17.6 Å². The summed E-state index contributed by atoms with van der Waals surface area (Å²) < 4.78 is 10.6. The molecular weight excluding hydrogens is 456 g/mol. The SMILES string of the molecule is CNC(=O)c1ccc(OCCCCC2CCN(C(C)=O)CC2)cc1Cl.COc1cccc(O)c1. The second kappa shape index (κ2) is 14.4. The number of unbranched alkanes of at least 4 members (excludes halogenated alkanes) is 1. The number of hydrogen-bond donors (Lipinski definition) is 2. The number of carbonyl (C=O) groups excluding carboxylic acids is 2. The molecule has 0 aromatic heterocycles. The number of amides is 2. The molecule has 2 amide bonds. The molecule has 1 fully saturated rings. The third-order valence-electron chi connectivity index (χ3n) is 5.80. The molecular formula is C26H35ClN2O5. The second-order valence-corrected chi connectivity index (χ2v) is 8.62. The first-order valence-electron chi connectivity index (χ1n) is 11.6. The third-order valence-corrected chi connectivity index (χ3v) is 6.11. The van der Waals surface area contributed by atoms with Gasteiger partial charge in [0, 0.05) is 33.1 Å². The van der Waals surface area contributed by atoms with Crippen LogP contribution in [0.5, 0.6) is 17.2 Å². The van der Waals surface area contributed by atoms with Crippen molar-refractivity contribution < 1.29 is 24.2 Å². The van der Waals surface area contributed by atoms with E-state index in [1.54, 1.807) is 63.5 Å². The molecule has 2 aromatic rings. The van der Waals surface area contributed by atoms with Crippen molar-refractivity contribution in [1.29, 1.82) is 0 Å². The molecule has 1 aliphatic heterocycles. The van der Waals surface area contributed by atoms with Gasteiger partial charge in [0.2, 0.25) is 5.91 Å². The maximum atomic E-state index is 11.6. The molecule has 0 radical (unpaired) electrons. The normalized spacial score (nSPS) is 13.5.